The predicted octanol–water partition coefficient (Wildman–Crippen LogP) is 4.84. The summed E-state index contributed by atoms with van der Waals surface area (Å²) >= 11 is 0. The molecule has 0 spiro atoms. The molecule has 36 heavy (non-hydrogen) atoms. The highest BCUT2D eigenvalue weighted by Crippen LogP contribution is 2.33. The molecule has 10 heteroatoms. The number of halogens is 1. The highest BCUT2D eigenvalue weighted by Gasteiger charge is 2.17. The van der Waals surface area contributed by atoms with Crippen LogP contribution in [-0.2, 0) is 0 Å². The van der Waals surface area contributed by atoms with Crippen molar-refractivity contribution in [2.75, 3.05) is 26.1 Å². The van der Waals surface area contributed by atoms with Crippen molar-refractivity contribution in [2.45, 2.75) is 0 Å². The molecule has 0 aliphatic rings. The molecule has 6 aromatic rings. The van der Waals surface area contributed by atoms with E-state index < -0.39 is 5.82 Å². The van der Waals surface area contributed by atoms with Gasteiger partial charge in [0.1, 0.15) is 22.8 Å². The molecule has 0 saturated heterocycles. The lowest BCUT2D eigenvalue weighted by Gasteiger charge is -2.12. The van der Waals surface area contributed by atoms with Crippen LogP contribution in [0, 0.1) is 5.82 Å². The number of hydrogen-bond donors (Lipinski definition) is 2. The maximum atomic E-state index is 14.2. The molecular weight excluding hydrogens is 459 g/mol. The zero-order valence-electron chi connectivity index (χ0n) is 19.7. The molecule has 0 aliphatic heterocycles. The Morgan fingerprint density at radius 1 is 0.944 bits per heavy atom. The van der Waals surface area contributed by atoms with E-state index in [0.29, 0.717) is 39.7 Å². The van der Waals surface area contributed by atoms with Crippen LogP contribution in [0.25, 0.3) is 56.0 Å². The second-order valence-electron chi connectivity index (χ2n) is 8.54. The first-order chi connectivity index (χ1) is 17.5. The van der Waals surface area contributed by atoms with Gasteiger partial charge in [0.15, 0.2) is 11.5 Å². The lowest BCUT2D eigenvalue weighted by molar-refractivity contribution is 0.411. The Bertz CT molecular complexity index is 1740. The minimum atomic E-state index is -0.412. The fourth-order valence-corrected chi connectivity index (χ4v) is 4.15. The molecule has 178 valence electrons. The number of hydrogen-bond acceptors (Lipinski definition) is 7. The number of anilines is 1. The number of fused-ring (bicyclic) bond motifs is 2. The Morgan fingerprint density at radius 3 is 2.64 bits per heavy atom. The van der Waals surface area contributed by atoms with E-state index in [-0.39, 0.29) is 0 Å². The number of rotatable bonds is 5. The van der Waals surface area contributed by atoms with Crippen LogP contribution in [0.4, 0.5) is 10.1 Å². The maximum absolute atomic E-state index is 14.2. The van der Waals surface area contributed by atoms with Gasteiger partial charge in [0, 0.05) is 55.4 Å². The molecule has 1 aromatic carbocycles. The highest BCUT2D eigenvalue weighted by molar-refractivity contribution is 5.96. The number of ether oxygens (including phenoxy) is 1. The summed E-state index contributed by atoms with van der Waals surface area (Å²) in [6.07, 6.45) is 7.06. The van der Waals surface area contributed by atoms with Crippen LogP contribution < -0.4 is 9.64 Å². The number of aromatic amines is 2. The quantitative estimate of drug-likeness (QED) is 0.363. The van der Waals surface area contributed by atoms with Gasteiger partial charge in [-0.2, -0.15) is 5.10 Å². The van der Waals surface area contributed by atoms with E-state index in [0.717, 1.165) is 27.7 Å². The smallest absolute Gasteiger partial charge is 0.181 e. The van der Waals surface area contributed by atoms with Crippen molar-refractivity contribution in [1.82, 2.24) is 35.1 Å². The second kappa shape index (κ2) is 8.42. The molecule has 0 amide bonds. The number of imidazole rings is 1. The van der Waals surface area contributed by atoms with Crippen LogP contribution in [0.2, 0.25) is 0 Å². The van der Waals surface area contributed by atoms with E-state index >= 15 is 0 Å². The Kier molecular flexibility index (Phi) is 5.06. The molecule has 0 saturated carbocycles. The van der Waals surface area contributed by atoms with E-state index in [1.165, 1.54) is 19.2 Å². The molecule has 0 fully saturated rings. The summed E-state index contributed by atoms with van der Waals surface area (Å²) in [4.78, 5) is 23.5. The summed E-state index contributed by atoms with van der Waals surface area (Å²) in [7, 11) is 5.44. The number of benzene rings is 1. The molecular formula is C26H21FN8O. The van der Waals surface area contributed by atoms with Crippen molar-refractivity contribution < 1.29 is 9.13 Å². The van der Waals surface area contributed by atoms with E-state index in [4.69, 9.17) is 9.72 Å². The van der Waals surface area contributed by atoms with Gasteiger partial charge in [0.05, 0.1) is 35.6 Å². The van der Waals surface area contributed by atoms with Crippen molar-refractivity contribution in [1.29, 1.82) is 0 Å². The van der Waals surface area contributed by atoms with Crippen LogP contribution in [0.5, 0.6) is 5.75 Å². The Labute approximate surface area is 205 Å². The number of nitrogens with zero attached hydrogens (tertiary/aromatic N) is 6. The molecule has 2 N–H and O–H groups in total. The summed E-state index contributed by atoms with van der Waals surface area (Å²) in [5, 5.41) is 8.22. The SMILES string of the molecule is COc1cc(F)cc(-c2nccc3[nH]c(-c4[nH]nc5ncc(-c6cncc(N(C)C)c6)cc45)nc23)c1. The number of nitrogens with one attached hydrogen (secondary N) is 2. The largest absolute Gasteiger partial charge is 0.497 e. The van der Waals surface area contributed by atoms with Crippen LogP contribution in [0.3, 0.4) is 0 Å². The first-order valence-electron chi connectivity index (χ1n) is 11.2. The number of methoxy groups -OCH3 is 1. The van der Waals surface area contributed by atoms with Gasteiger partial charge < -0.3 is 14.6 Å². The van der Waals surface area contributed by atoms with E-state index in [1.807, 2.05) is 43.5 Å². The Hall–Kier alpha value is -4.86. The standard InChI is InChI=1S/C26H21FN8O/c1-35(2)18-7-15(11-28-13-18)16-9-20-23(33-34-25(20)30-12-16)26-31-21-4-5-29-22(24(21)32-26)14-6-17(27)10-19(8-14)36-3/h4-13H,1-3H3,(H,31,32)(H,30,33,34). The van der Waals surface area contributed by atoms with Crippen LogP contribution in [-0.4, -0.2) is 56.3 Å². The van der Waals surface area contributed by atoms with Gasteiger partial charge in [-0.15, -0.1) is 0 Å². The normalized spacial score (nSPS) is 11.3. The number of pyridine rings is 3. The average Bonchev–Trinajstić information content (AvgIpc) is 3.51. The third kappa shape index (κ3) is 3.68. The van der Waals surface area contributed by atoms with E-state index in [9.17, 15) is 4.39 Å². The monoisotopic (exact) mass is 480 g/mol. The molecule has 5 heterocycles. The fraction of sp³-hybridized carbons (Fsp3) is 0.115. The van der Waals surface area contributed by atoms with E-state index in [2.05, 4.69) is 36.2 Å². The summed E-state index contributed by atoms with van der Waals surface area (Å²) < 4.78 is 19.4. The van der Waals surface area contributed by atoms with Crippen molar-refractivity contribution in [2.24, 2.45) is 0 Å². The van der Waals surface area contributed by atoms with Crippen LogP contribution in [0.1, 0.15) is 0 Å². The first kappa shape index (κ1) is 21.7. The van der Waals surface area contributed by atoms with Gasteiger partial charge in [-0.3, -0.25) is 15.1 Å². The third-order valence-electron chi connectivity index (χ3n) is 6.00. The Balaban J connectivity index is 1.47. The van der Waals surface area contributed by atoms with Gasteiger partial charge in [0.2, 0.25) is 0 Å². The lowest BCUT2D eigenvalue weighted by atomic mass is 10.1. The molecule has 0 unspecified atom stereocenters. The van der Waals surface area contributed by atoms with Gasteiger partial charge in [0.25, 0.3) is 0 Å². The minimum absolute atomic E-state index is 0.408. The zero-order chi connectivity index (χ0) is 24.8. The molecule has 0 aliphatic carbocycles. The van der Waals surface area contributed by atoms with E-state index in [1.54, 1.807) is 18.5 Å². The van der Waals surface area contributed by atoms with Crippen LogP contribution >= 0.6 is 0 Å². The van der Waals surface area contributed by atoms with Gasteiger partial charge in [-0.1, -0.05) is 0 Å². The molecule has 9 nitrogen and oxygen atoms in total. The highest BCUT2D eigenvalue weighted by atomic mass is 19.1. The zero-order valence-corrected chi connectivity index (χ0v) is 19.7. The van der Waals surface area contributed by atoms with Crippen molar-refractivity contribution >= 4 is 27.8 Å². The van der Waals surface area contributed by atoms with Gasteiger partial charge in [-0.25, -0.2) is 14.4 Å². The fourth-order valence-electron chi connectivity index (χ4n) is 4.15. The molecule has 0 radical (unpaired) electrons. The molecule has 6 rings (SSSR count). The summed E-state index contributed by atoms with van der Waals surface area (Å²) in [6, 6.07) is 10.4. The minimum Gasteiger partial charge on any atom is -0.497 e. The van der Waals surface area contributed by atoms with Crippen molar-refractivity contribution in [3.63, 3.8) is 0 Å². The number of aromatic nitrogens is 7. The van der Waals surface area contributed by atoms with Gasteiger partial charge >= 0.3 is 0 Å². The van der Waals surface area contributed by atoms with Crippen molar-refractivity contribution in [3.8, 4) is 39.7 Å². The molecule has 0 atom stereocenters. The average molecular weight is 481 g/mol. The first-order valence-corrected chi connectivity index (χ1v) is 11.2. The Morgan fingerprint density at radius 2 is 1.81 bits per heavy atom. The summed E-state index contributed by atoms with van der Waals surface area (Å²) in [5.41, 5.74) is 6.58. The summed E-state index contributed by atoms with van der Waals surface area (Å²) in [5.74, 6) is 0.569. The van der Waals surface area contributed by atoms with Gasteiger partial charge in [-0.05, 0) is 30.3 Å². The lowest BCUT2D eigenvalue weighted by Crippen LogP contribution is -2.08. The molecule has 5 aromatic heterocycles. The van der Waals surface area contributed by atoms with Crippen molar-refractivity contribution in [3.05, 3.63) is 67.0 Å². The topological polar surface area (TPSA) is 108 Å². The molecule has 0 bridgehead atoms. The third-order valence-corrected chi connectivity index (χ3v) is 6.00. The summed E-state index contributed by atoms with van der Waals surface area (Å²) in [6.45, 7) is 0. The van der Waals surface area contributed by atoms with Crippen LogP contribution in [0.15, 0.2) is 61.2 Å². The predicted molar refractivity (Wildman–Crippen MR) is 136 cm³/mol. The number of H-pyrrole nitrogens is 2. The maximum Gasteiger partial charge on any atom is 0.181 e. The second-order valence-corrected chi connectivity index (χ2v) is 8.54.